The van der Waals surface area contributed by atoms with E-state index < -0.39 is 0 Å². The molecule has 2 nitrogen and oxygen atoms in total. The van der Waals surface area contributed by atoms with Gasteiger partial charge in [0.25, 0.3) is 0 Å². The van der Waals surface area contributed by atoms with Gasteiger partial charge in [0.2, 0.25) is 0 Å². The van der Waals surface area contributed by atoms with E-state index >= 15 is 0 Å². The van der Waals surface area contributed by atoms with Crippen LogP contribution >= 0.6 is 0 Å². The van der Waals surface area contributed by atoms with Crippen LogP contribution in [0.4, 0.5) is 0 Å². The third-order valence-electron chi connectivity index (χ3n) is 7.13. The van der Waals surface area contributed by atoms with E-state index in [4.69, 9.17) is 0 Å². The average molecular weight is 824 g/mol. The fourth-order valence-corrected chi connectivity index (χ4v) is 4.90. The molecule has 0 atom stereocenters. The van der Waals surface area contributed by atoms with Crippen molar-refractivity contribution < 1.29 is 68.3 Å². The van der Waals surface area contributed by atoms with Gasteiger partial charge in [0.1, 0.15) is 0 Å². The summed E-state index contributed by atoms with van der Waals surface area (Å²) >= 11 is 0. The van der Waals surface area contributed by atoms with Gasteiger partial charge in [-0.15, -0.1) is 22.3 Å². The molecule has 8 aromatic rings. The summed E-state index contributed by atoms with van der Waals surface area (Å²) in [7, 11) is 0. The Hall–Kier alpha value is -3.20. The standard InChI is InChI=1S/C24H24N2.4C5H5.4Fe/c1-2-10-19(9-1)23(20-11-3-4-12-20)25-17-18-26-24(21-13-5-6-14-21)22-15-7-8-16-22;4*1-2-4-5-3-1;;;;/h1-16,23-26H,17-18H2;4*1-5H;;;;/q-4;-5;3*-1;;;;. The minimum absolute atomic E-state index is 0. The van der Waals surface area contributed by atoms with E-state index in [9.17, 15) is 0 Å². The monoisotopic (exact) mass is 824 g/mol. The van der Waals surface area contributed by atoms with Crippen molar-refractivity contribution in [3.05, 3.63) is 241 Å². The fourth-order valence-electron chi connectivity index (χ4n) is 4.90. The molecule has 0 aliphatic heterocycles. The maximum Gasteiger partial charge on any atom is 0.00640 e. The van der Waals surface area contributed by atoms with Gasteiger partial charge >= 0.3 is 0 Å². The summed E-state index contributed by atoms with van der Waals surface area (Å²) in [5.41, 5.74) is 5.28. The molecule has 0 amide bonds. The molecule has 0 aliphatic rings. The van der Waals surface area contributed by atoms with Crippen LogP contribution in [0.5, 0.6) is 0 Å². The van der Waals surface area contributed by atoms with Crippen molar-refractivity contribution in [1.82, 2.24) is 10.6 Å². The van der Waals surface area contributed by atoms with Gasteiger partial charge in [0, 0.05) is 81.4 Å². The smallest absolute Gasteiger partial charge is 0.00640 e. The minimum Gasteiger partial charge on any atom is -0.748 e. The maximum absolute atomic E-state index is 3.71. The van der Waals surface area contributed by atoms with Crippen molar-refractivity contribution >= 4 is 0 Å². The maximum atomic E-state index is 3.71. The van der Waals surface area contributed by atoms with Crippen molar-refractivity contribution in [3.63, 3.8) is 0 Å². The molecule has 2 N–H and O–H groups in total. The van der Waals surface area contributed by atoms with Gasteiger partial charge in [-0.2, -0.15) is 103 Å². The zero-order valence-electron chi connectivity index (χ0n) is 27.8. The fraction of sp³-hybridized carbons (Fsp3) is 0.0909. The van der Waals surface area contributed by atoms with E-state index in [1.165, 1.54) is 22.3 Å². The van der Waals surface area contributed by atoms with Crippen LogP contribution in [0.3, 0.4) is 0 Å². The summed E-state index contributed by atoms with van der Waals surface area (Å²) < 4.78 is 0. The second kappa shape index (κ2) is 30.6. The molecule has 0 saturated heterocycles. The summed E-state index contributed by atoms with van der Waals surface area (Å²) in [6.45, 7) is 1.80. The van der Waals surface area contributed by atoms with Crippen molar-refractivity contribution in [2.24, 2.45) is 0 Å². The van der Waals surface area contributed by atoms with Crippen LogP contribution in [0.1, 0.15) is 34.3 Å². The number of rotatable bonds is 9. The molecule has 50 heavy (non-hydrogen) atoms. The second-order valence-electron chi connectivity index (χ2n) is 10.5. The predicted octanol–water partition coefficient (Wildman–Crippen LogP) is 10.2. The van der Waals surface area contributed by atoms with Crippen LogP contribution in [-0.2, 0) is 68.3 Å². The first-order valence-electron chi connectivity index (χ1n) is 15.9. The third kappa shape index (κ3) is 18.7. The van der Waals surface area contributed by atoms with Crippen LogP contribution in [0.15, 0.2) is 218 Å². The minimum atomic E-state index is 0. The van der Waals surface area contributed by atoms with E-state index in [2.05, 4.69) is 108 Å². The Kier molecular flexibility index (Phi) is 28.6. The van der Waals surface area contributed by atoms with Gasteiger partial charge in [0.05, 0.1) is 0 Å². The molecule has 6 heteroatoms. The molecule has 0 fully saturated rings. The molecule has 0 heterocycles. The molecular formula is C44H44Fe4N2-12. The molecule has 0 bridgehead atoms. The summed E-state index contributed by atoms with van der Waals surface area (Å²) in [6, 6.07) is 74.8. The zero-order valence-corrected chi connectivity index (χ0v) is 32.2. The average Bonchev–Trinajstić information content (AvgIpc) is 3.99. The molecule has 0 unspecified atom stereocenters. The van der Waals surface area contributed by atoms with E-state index in [1.807, 2.05) is 121 Å². The van der Waals surface area contributed by atoms with Gasteiger partial charge in [0.15, 0.2) is 0 Å². The van der Waals surface area contributed by atoms with Crippen molar-refractivity contribution in [2.45, 2.75) is 12.1 Å². The first kappa shape index (κ1) is 46.8. The van der Waals surface area contributed by atoms with Crippen LogP contribution in [0.25, 0.3) is 0 Å². The summed E-state index contributed by atoms with van der Waals surface area (Å²) in [5.74, 6) is 0. The van der Waals surface area contributed by atoms with Gasteiger partial charge in [-0.1, -0.05) is 0 Å². The molecule has 0 spiro atoms. The van der Waals surface area contributed by atoms with Crippen molar-refractivity contribution in [2.75, 3.05) is 13.1 Å². The molecule has 0 radical (unpaired) electrons. The second-order valence-corrected chi connectivity index (χ2v) is 10.5. The Bertz CT molecular complexity index is 1290. The van der Waals surface area contributed by atoms with Crippen molar-refractivity contribution in [3.8, 4) is 0 Å². The van der Waals surface area contributed by atoms with Crippen LogP contribution in [0.2, 0.25) is 0 Å². The van der Waals surface area contributed by atoms with Gasteiger partial charge < -0.3 is 41.0 Å². The first-order valence-corrected chi connectivity index (χ1v) is 15.9. The van der Waals surface area contributed by atoms with E-state index in [1.54, 1.807) is 0 Å². The molecular weight excluding hydrogens is 780 g/mol. The van der Waals surface area contributed by atoms with Crippen LogP contribution in [-0.4, -0.2) is 13.1 Å². The van der Waals surface area contributed by atoms with Gasteiger partial charge in [-0.25, -0.2) is 84.9 Å². The Balaban J connectivity index is 0.000000810. The van der Waals surface area contributed by atoms with E-state index in [-0.39, 0.29) is 80.4 Å². The summed E-state index contributed by atoms with van der Waals surface area (Å²) in [5, 5.41) is 7.42. The summed E-state index contributed by atoms with van der Waals surface area (Å²) in [4.78, 5) is 0. The molecule has 0 saturated carbocycles. The Labute approximate surface area is 342 Å². The Morgan fingerprint density at radius 3 is 0.680 bits per heavy atom. The normalized spacial score (nSPS) is 9.24. The Morgan fingerprint density at radius 2 is 0.520 bits per heavy atom. The molecule has 0 aromatic heterocycles. The quantitative estimate of drug-likeness (QED) is 0.0861. The molecule has 8 rings (SSSR count). The van der Waals surface area contributed by atoms with Gasteiger partial charge in [-0.3, -0.25) is 0 Å². The number of hydrogen-bond donors (Lipinski definition) is 2. The SMILES string of the molecule is [Fe].[Fe].[Fe].[Fe].[cH-]1[cH-][cH-][cH-][cH-]1.c1cc[c-](C(NCCNC([c-]2cccc2)[c-]2cccc2)[c-]2cccc2)c1.c1cc[cH-]c1.c1cc[cH-]c1.c1cc[cH-]c1. The van der Waals surface area contributed by atoms with Gasteiger partial charge in [-0.05, 0) is 12.1 Å². The largest absolute Gasteiger partial charge is 0.748 e. The molecule has 274 valence electrons. The van der Waals surface area contributed by atoms with E-state index in [0.717, 1.165) is 13.1 Å². The zero-order chi connectivity index (χ0) is 31.7. The van der Waals surface area contributed by atoms with Crippen LogP contribution in [0, 0.1) is 0 Å². The first-order chi connectivity index (χ1) is 22.9. The number of hydrogen-bond acceptors (Lipinski definition) is 2. The van der Waals surface area contributed by atoms with Crippen molar-refractivity contribution in [1.29, 1.82) is 0 Å². The Morgan fingerprint density at radius 1 is 0.320 bits per heavy atom. The molecule has 0 aliphatic carbocycles. The van der Waals surface area contributed by atoms with E-state index in [0.29, 0.717) is 0 Å². The van der Waals surface area contributed by atoms with Crippen LogP contribution < -0.4 is 10.6 Å². The predicted molar refractivity (Wildman–Crippen MR) is 196 cm³/mol. The topological polar surface area (TPSA) is 24.1 Å². The third-order valence-corrected chi connectivity index (χ3v) is 7.13. The molecule has 8 aromatic carbocycles. The number of nitrogens with one attached hydrogen (secondary N) is 2. The summed E-state index contributed by atoms with van der Waals surface area (Å²) in [6.07, 6.45) is 0.